The Hall–Kier alpha value is -2.99. The number of carbonyl (C=O) groups excluding carboxylic acids is 1. The summed E-state index contributed by atoms with van der Waals surface area (Å²) in [4.78, 5) is 25.8. The highest BCUT2D eigenvalue weighted by Crippen LogP contribution is 2.15. The quantitative estimate of drug-likeness (QED) is 0.821. The second kappa shape index (κ2) is 9.09. The number of benzene rings is 1. The maximum Gasteiger partial charge on any atom is 0.256 e. The first-order valence-electron chi connectivity index (χ1n) is 9.07. The molecule has 0 saturated heterocycles. The van der Waals surface area contributed by atoms with Crippen molar-refractivity contribution in [2.75, 3.05) is 27.2 Å². The van der Waals surface area contributed by atoms with E-state index in [1.54, 1.807) is 17.3 Å². The van der Waals surface area contributed by atoms with Gasteiger partial charge in [-0.05, 0) is 51.3 Å². The van der Waals surface area contributed by atoms with E-state index in [1.165, 1.54) is 0 Å². The Morgan fingerprint density at radius 2 is 1.85 bits per heavy atom. The van der Waals surface area contributed by atoms with Crippen molar-refractivity contribution in [3.63, 3.8) is 0 Å². The zero-order valence-corrected chi connectivity index (χ0v) is 15.7. The van der Waals surface area contributed by atoms with Gasteiger partial charge in [0.1, 0.15) is 0 Å². The first kappa shape index (κ1) is 18.8. The van der Waals surface area contributed by atoms with Crippen LogP contribution in [0.1, 0.15) is 22.5 Å². The molecule has 1 amide bonds. The highest BCUT2D eigenvalue weighted by atomic mass is 16.2. The lowest BCUT2D eigenvalue weighted by Gasteiger charge is -2.31. The molecule has 0 bridgehead atoms. The summed E-state index contributed by atoms with van der Waals surface area (Å²) in [7, 11) is 4.06. The first-order valence-corrected chi connectivity index (χ1v) is 9.07. The third-order valence-electron chi connectivity index (χ3n) is 4.28. The van der Waals surface area contributed by atoms with Gasteiger partial charge in [0, 0.05) is 36.3 Å². The molecule has 3 rings (SSSR count). The van der Waals surface area contributed by atoms with Gasteiger partial charge in [0.15, 0.2) is 6.29 Å². The topological polar surface area (TPSA) is 60.8 Å². The van der Waals surface area contributed by atoms with Crippen molar-refractivity contribution in [1.82, 2.24) is 20.1 Å². The van der Waals surface area contributed by atoms with Gasteiger partial charge in [-0.2, -0.15) is 0 Å². The van der Waals surface area contributed by atoms with Gasteiger partial charge < -0.3 is 10.2 Å². The van der Waals surface area contributed by atoms with Crippen molar-refractivity contribution in [1.29, 1.82) is 0 Å². The molecule has 27 heavy (non-hydrogen) atoms. The number of aliphatic imine (C=N–C) groups is 1. The summed E-state index contributed by atoms with van der Waals surface area (Å²) < 4.78 is 0. The van der Waals surface area contributed by atoms with Crippen LogP contribution in [0.2, 0.25) is 0 Å². The predicted octanol–water partition coefficient (Wildman–Crippen LogP) is 2.47. The Morgan fingerprint density at radius 1 is 1.07 bits per heavy atom. The largest absolute Gasteiger partial charge is 0.352 e. The highest BCUT2D eigenvalue weighted by molar-refractivity contribution is 6.09. The Balaban J connectivity index is 1.74. The number of amides is 1. The molecule has 1 unspecified atom stereocenters. The van der Waals surface area contributed by atoms with E-state index < -0.39 is 6.29 Å². The average molecular weight is 363 g/mol. The Labute approximate surface area is 160 Å². The second-order valence-electron chi connectivity index (χ2n) is 6.65. The Bertz CT molecular complexity index is 802. The molecule has 1 aliphatic rings. The standard InChI is InChI=1S/C21H25N5O/c1-25(2)13-8-14-26(20(27)17-9-4-3-5-10-17)21-23-15-18(16-24-21)19-11-6-7-12-22-19/h3-7,9-12,15-16,21,23H,8,13-14H2,1-2H3. The zero-order valence-electron chi connectivity index (χ0n) is 15.7. The summed E-state index contributed by atoms with van der Waals surface area (Å²) in [5.41, 5.74) is 2.41. The van der Waals surface area contributed by atoms with E-state index in [4.69, 9.17) is 0 Å². The van der Waals surface area contributed by atoms with Crippen LogP contribution in [0, 0.1) is 0 Å². The van der Waals surface area contributed by atoms with E-state index in [1.807, 2.05) is 68.8 Å². The molecule has 140 valence electrons. The predicted molar refractivity (Wildman–Crippen MR) is 108 cm³/mol. The number of nitrogens with one attached hydrogen (secondary N) is 1. The van der Waals surface area contributed by atoms with Crippen molar-refractivity contribution in [3.8, 4) is 0 Å². The van der Waals surface area contributed by atoms with E-state index in [9.17, 15) is 4.79 Å². The minimum absolute atomic E-state index is 0.0290. The maximum absolute atomic E-state index is 13.0. The molecule has 0 saturated carbocycles. The van der Waals surface area contributed by atoms with Gasteiger partial charge in [-0.3, -0.25) is 14.7 Å². The van der Waals surface area contributed by atoms with Crippen LogP contribution in [0.4, 0.5) is 0 Å². The first-order chi connectivity index (χ1) is 13.1. The Morgan fingerprint density at radius 3 is 2.48 bits per heavy atom. The lowest BCUT2D eigenvalue weighted by molar-refractivity contribution is 0.0656. The SMILES string of the molecule is CN(C)CCCN(C(=O)c1ccccc1)C1N=CC(c2ccccn2)=CN1. The fourth-order valence-corrected chi connectivity index (χ4v) is 2.88. The third-order valence-corrected chi connectivity index (χ3v) is 4.28. The van der Waals surface area contributed by atoms with Gasteiger partial charge in [-0.25, -0.2) is 4.99 Å². The van der Waals surface area contributed by atoms with Crippen LogP contribution >= 0.6 is 0 Å². The molecule has 1 N–H and O–H groups in total. The summed E-state index contributed by atoms with van der Waals surface area (Å²) in [5.74, 6) is -0.0290. The molecule has 0 aliphatic carbocycles. The second-order valence-corrected chi connectivity index (χ2v) is 6.65. The van der Waals surface area contributed by atoms with E-state index >= 15 is 0 Å². The number of hydrogen-bond acceptors (Lipinski definition) is 5. The molecule has 1 aromatic carbocycles. The molecule has 1 aliphatic heterocycles. The fourth-order valence-electron chi connectivity index (χ4n) is 2.88. The summed E-state index contributed by atoms with van der Waals surface area (Å²) in [6, 6.07) is 15.1. The summed E-state index contributed by atoms with van der Waals surface area (Å²) in [6.07, 6.45) is 5.85. The van der Waals surface area contributed by atoms with Crippen LogP contribution in [0.25, 0.3) is 5.57 Å². The molecule has 2 heterocycles. The smallest absolute Gasteiger partial charge is 0.256 e. The summed E-state index contributed by atoms with van der Waals surface area (Å²) in [5, 5.41) is 3.25. The molecular formula is C21H25N5O. The lowest BCUT2D eigenvalue weighted by atomic mass is 10.1. The number of rotatable bonds is 7. The van der Waals surface area contributed by atoms with Crippen molar-refractivity contribution >= 4 is 17.7 Å². The van der Waals surface area contributed by atoms with Gasteiger partial charge in [0.05, 0.1) is 5.69 Å². The van der Waals surface area contributed by atoms with Gasteiger partial charge in [0.2, 0.25) is 0 Å². The average Bonchev–Trinajstić information content (AvgIpc) is 2.72. The van der Waals surface area contributed by atoms with Crippen LogP contribution in [-0.4, -0.2) is 60.4 Å². The van der Waals surface area contributed by atoms with Crippen LogP contribution < -0.4 is 5.32 Å². The maximum atomic E-state index is 13.0. The Kier molecular flexibility index (Phi) is 6.33. The minimum Gasteiger partial charge on any atom is -0.352 e. The number of allylic oxidation sites excluding steroid dienone is 1. The van der Waals surface area contributed by atoms with Crippen LogP contribution in [-0.2, 0) is 0 Å². The molecule has 6 heteroatoms. The van der Waals surface area contributed by atoms with Gasteiger partial charge in [-0.1, -0.05) is 24.3 Å². The molecular weight excluding hydrogens is 338 g/mol. The zero-order chi connectivity index (χ0) is 19.1. The van der Waals surface area contributed by atoms with E-state index in [2.05, 4.69) is 20.2 Å². The molecule has 0 fully saturated rings. The molecule has 1 atom stereocenters. The number of nitrogens with zero attached hydrogens (tertiary/aromatic N) is 4. The fraction of sp³-hybridized carbons (Fsp3) is 0.286. The molecule has 1 aromatic heterocycles. The van der Waals surface area contributed by atoms with Gasteiger partial charge >= 0.3 is 0 Å². The van der Waals surface area contributed by atoms with Crippen molar-refractivity contribution in [2.45, 2.75) is 12.7 Å². The van der Waals surface area contributed by atoms with Crippen molar-refractivity contribution in [3.05, 3.63) is 72.2 Å². The van der Waals surface area contributed by atoms with Gasteiger partial charge in [-0.15, -0.1) is 0 Å². The van der Waals surface area contributed by atoms with E-state index in [-0.39, 0.29) is 5.91 Å². The number of pyridine rings is 1. The summed E-state index contributed by atoms with van der Waals surface area (Å²) >= 11 is 0. The number of aromatic nitrogens is 1. The van der Waals surface area contributed by atoms with Crippen LogP contribution in [0.15, 0.2) is 65.9 Å². The minimum atomic E-state index is -0.424. The van der Waals surface area contributed by atoms with Crippen LogP contribution in [0.3, 0.4) is 0 Å². The lowest BCUT2D eigenvalue weighted by Crippen LogP contribution is -2.48. The molecule has 2 aromatic rings. The normalized spacial score (nSPS) is 16.0. The van der Waals surface area contributed by atoms with Crippen LogP contribution in [0.5, 0.6) is 0 Å². The monoisotopic (exact) mass is 363 g/mol. The van der Waals surface area contributed by atoms with Crippen molar-refractivity contribution < 1.29 is 4.79 Å². The van der Waals surface area contributed by atoms with Gasteiger partial charge in [0.25, 0.3) is 5.91 Å². The third kappa shape index (κ3) is 5.01. The molecule has 6 nitrogen and oxygen atoms in total. The highest BCUT2D eigenvalue weighted by Gasteiger charge is 2.24. The molecule has 0 radical (unpaired) electrons. The van der Waals surface area contributed by atoms with E-state index in [0.29, 0.717) is 12.1 Å². The molecule has 0 spiro atoms. The number of hydrogen-bond donors (Lipinski definition) is 1. The van der Waals surface area contributed by atoms with Crippen molar-refractivity contribution in [2.24, 2.45) is 4.99 Å². The summed E-state index contributed by atoms with van der Waals surface area (Å²) in [6.45, 7) is 1.53. The van der Waals surface area contributed by atoms with E-state index in [0.717, 1.165) is 24.2 Å². The number of carbonyl (C=O) groups is 1.